The Balaban J connectivity index is 1.88. The molecule has 0 saturated carbocycles. The summed E-state index contributed by atoms with van der Waals surface area (Å²) in [5.41, 5.74) is 0.0310. The smallest absolute Gasteiger partial charge is 0.191 e. The molecule has 25 heavy (non-hydrogen) atoms. The summed E-state index contributed by atoms with van der Waals surface area (Å²) >= 11 is 0. The van der Waals surface area contributed by atoms with Gasteiger partial charge in [0.25, 0.3) is 0 Å². The molecule has 0 N–H and O–H groups in total. The van der Waals surface area contributed by atoms with Crippen LogP contribution < -0.4 is 0 Å². The Kier molecular flexibility index (Phi) is 4.78. The maximum atomic E-state index is 6.17. The third-order valence-electron chi connectivity index (χ3n) is 4.59. The molecule has 0 radical (unpaired) electrons. The first-order valence-electron chi connectivity index (χ1n) is 8.66. The molecule has 3 saturated heterocycles. The van der Waals surface area contributed by atoms with Crippen LogP contribution in [0.15, 0.2) is 11.6 Å². The molecule has 6 nitrogen and oxygen atoms in total. The molecule has 0 aromatic rings. The highest BCUT2D eigenvalue weighted by Gasteiger charge is 2.67. The molecule has 3 heterocycles. The predicted molar refractivity (Wildman–Crippen MR) is 90.5 cm³/mol. The number of fused-ring (bicyclic) bond motifs is 1. The number of hydrogen-bond donors (Lipinski definition) is 0. The second-order valence-electron chi connectivity index (χ2n) is 7.88. The van der Waals surface area contributed by atoms with E-state index in [0.29, 0.717) is 13.2 Å². The zero-order valence-electron chi connectivity index (χ0n) is 15.8. The van der Waals surface area contributed by atoms with Gasteiger partial charge in [0.15, 0.2) is 29.6 Å². The van der Waals surface area contributed by atoms with Gasteiger partial charge in [0, 0.05) is 0 Å². The Morgan fingerprint density at radius 2 is 1.84 bits per heavy atom. The highest BCUT2D eigenvalue weighted by Crippen LogP contribution is 2.47. The van der Waals surface area contributed by atoms with Crippen LogP contribution in [0.2, 0.25) is 0 Å². The predicted octanol–water partition coefficient (Wildman–Crippen LogP) is 2.37. The van der Waals surface area contributed by atoms with Crippen molar-refractivity contribution in [3.05, 3.63) is 11.6 Å². The summed E-state index contributed by atoms with van der Waals surface area (Å²) < 4.78 is 35.9. The minimum atomic E-state index is -1.11. The first-order valence-corrected chi connectivity index (χ1v) is 8.66. The third-order valence-corrected chi connectivity index (χ3v) is 4.59. The van der Waals surface area contributed by atoms with Gasteiger partial charge >= 0.3 is 0 Å². The quantitative estimate of drug-likeness (QED) is 0.572. The zero-order chi connectivity index (χ0) is 18.5. The Bertz CT molecular complexity index is 585. The van der Waals surface area contributed by atoms with Gasteiger partial charge in [-0.2, -0.15) is 0 Å². The van der Waals surface area contributed by atoms with E-state index in [1.54, 1.807) is 0 Å². The fourth-order valence-corrected chi connectivity index (χ4v) is 3.47. The molecule has 140 valence electrons. The van der Waals surface area contributed by atoms with Crippen LogP contribution in [-0.4, -0.2) is 55.0 Å². The van der Waals surface area contributed by atoms with Crippen LogP contribution in [0.4, 0.5) is 0 Å². The summed E-state index contributed by atoms with van der Waals surface area (Å²) in [6.45, 7) is 12.1. The molecule has 0 aromatic heterocycles. The highest BCUT2D eigenvalue weighted by molar-refractivity contribution is 5.24. The molecular formula is C19H28O6. The average molecular weight is 352 g/mol. The lowest BCUT2D eigenvalue weighted by Crippen LogP contribution is -2.55. The Morgan fingerprint density at radius 1 is 1.12 bits per heavy atom. The van der Waals surface area contributed by atoms with Gasteiger partial charge in [0.2, 0.25) is 0 Å². The van der Waals surface area contributed by atoms with Gasteiger partial charge in [-0.1, -0.05) is 17.6 Å². The van der Waals surface area contributed by atoms with Gasteiger partial charge in [-0.3, -0.25) is 0 Å². The lowest BCUT2D eigenvalue weighted by Gasteiger charge is -2.35. The summed E-state index contributed by atoms with van der Waals surface area (Å²) in [6.07, 6.45) is 5.88. The SMILES string of the molecule is C#C[C@@]1(OCC=C(C)C)[C@@H]([C@H]2COC(C)(C)O2)O[C@@H]2OC(C)(C)O[C@@H]21. The summed E-state index contributed by atoms with van der Waals surface area (Å²) in [4.78, 5) is 0. The topological polar surface area (TPSA) is 55.4 Å². The van der Waals surface area contributed by atoms with E-state index in [1.165, 1.54) is 0 Å². The van der Waals surface area contributed by atoms with Crippen molar-refractivity contribution in [3.8, 4) is 12.3 Å². The number of rotatable bonds is 4. The molecule has 0 amide bonds. The van der Waals surface area contributed by atoms with E-state index in [0.717, 1.165) is 5.57 Å². The fourth-order valence-electron chi connectivity index (χ4n) is 3.47. The van der Waals surface area contributed by atoms with Crippen LogP contribution in [0.1, 0.15) is 41.5 Å². The van der Waals surface area contributed by atoms with Crippen LogP contribution in [-0.2, 0) is 28.4 Å². The van der Waals surface area contributed by atoms with Gasteiger partial charge in [-0.25, -0.2) is 0 Å². The second-order valence-corrected chi connectivity index (χ2v) is 7.88. The van der Waals surface area contributed by atoms with Crippen molar-refractivity contribution in [1.82, 2.24) is 0 Å². The number of terminal acetylenes is 1. The monoisotopic (exact) mass is 352 g/mol. The van der Waals surface area contributed by atoms with Crippen molar-refractivity contribution in [3.63, 3.8) is 0 Å². The van der Waals surface area contributed by atoms with Crippen LogP contribution in [0.5, 0.6) is 0 Å². The van der Waals surface area contributed by atoms with E-state index in [1.807, 2.05) is 47.6 Å². The van der Waals surface area contributed by atoms with Crippen LogP contribution in [0.3, 0.4) is 0 Å². The molecule has 3 aliphatic heterocycles. The van der Waals surface area contributed by atoms with Crippen LogP contribution in [0, 0.1) is 12.3 Å². The van der Waals surface area contributed by atoms with Crippen LogP contribution >= 0.6 is 0 Å². The van der Waals surface area contributed by atoms with Crippen molar-refractivity contribution < 1.29 is 28.4 Å². The molecular weight excluding hydrogens is 324 g/mol. The molecule has 0 unspecified atom stereocenters. The number of hydrogen-bond acceptors (Lipinski definition) is 6. The Labute approximate surface area is 149 Å². The van der Waals surface area contributed by atoms with Gasteiger partial charge < -0.3 is 28.4 Å². The normalized spacial score (nSPS) is 41.3. The van der Waals surface area contributed by atoms with Crippen molar-refractivity contribution in [2.75, 3.05) is 13.2 Å². The van der Waals surface area contributed by atoms with Gasteiger partial charge in [-0.05, 0) is 41.5 Å². The molecule has 0 spiro atoms. The van der Waals surface area contributed by atoms with E-state index >= 15 is 0 Å². The first-order chi connectivity index (χ1) is 11.6. The molecule has 3 fully saturated rings. The minimum Gasteiger partial charge on any atom is -0.352 e. The van der Waals surface area contributed by atoms with E-state index in [9.17, 15) is 0 Å². The highest BCUT2D eigenvalue weighted by atomic mass is 16.9. The molecule has 0 bridgehead atoms. The lowest BCUT2D eigenvalue weighted by atomic mass is 9.89. The zero-order valence-corrected chi connectivity index (χ0v) is 15.8. The van der Waals surface area contributed by atoms with E-state index in [4.69, 9.17) is 34.8 Å². The minimum absolute atomic E-state index is 0.358. The number of allylic oxidation sites excluding steroid dienone is 1. The summed E-state index contributed by atoms with van der Waals surface area (Å²) in [5.74, 6) is 1.33. The van der Waals surface area contributed by atoms with Gasteiger partial charge in [-0.15, -0.1) is 6.42 Å². The molecule has 0 aromatic carbocycles. The van der Waals surface area contributed by atoms with Gasteiger partial charge in [0.1, 0.15) is 12.2 Å². The number of ether oxygens (including phenoxy) is 6. The maximum absolute atomic E-state index is 6.17. The van der Waals surface area contributed by atoms with Crippen molar-refractivity contribution in [2.24, 2.45) is 0 Å². The third kappa shape index (κ3) is 3.50. The van der Waals surface area contributed by atoms with Crippen molar-refractivity contribution in [1.29, 1.82) is 0 Å². The lowest BCUT2D eigenvalue weighted by molar-refractivity contribution is -0.244. The van der Waals surface area contributed by atoms with Crippen LogP contribution in [0.25, 0.3) is 0 Å². The maximum Gasteiger partial charge on any atom is 0.191 e. The first kappa shape index (κ1) is 18.8. The van der Waals surface area contributed by atoms with Gasteiger partial charge in [0.05, 0.1) is 13.2 Å². The van der Waals surface area contributed by atoms with E-state index in [2.05, 4.69) is 5.92 Å². The summed E-state index contributed by atoms with van der Waals surface area (Å²) in [7, 11) is 0. The standard InChI is InChI=1S/C19H28O6/c1-8-19(20-10-9-12(2)3)14(13-11-21-17(4,5)23-13)22-16-15(19)24-18(6,7)25-16/h1,9,13-16H,10-11H2,2-7H3/t13-,14-,15+,16-,19-/m1/s1. The summed E-state index contributed by atoms with van der Waals surface area (Å²) in [6, 6.07) is 0. The molecule has 0 aliphatic carbocycles. The van der Waals surface area contributed by atoms with E-state index in [-0.39, 0.29) is 6.10 Å². The van der Waals surface area contributed by atoms with E-state index < -0.39 is 35.7 Å². The Morgan fingerprint density at radius 3 is 2.40 bits per heavy atom. The van der Waals surface area contributed by atoms with Crippen molar-refractivity contribution >= 4 is 0 Å². The molecule has 6 heteroatoms. The second kappa shape index (κ2) is 6.34. The largest absolute Gasteiger partial charge is 0.352 e. The van der Waals surface area contributed by atoms with Crippen molar-refractivity contribution in [2.45, 2.75) is 83.3 Å². The fraction of sp³-hybridized carbons (Fsp3) is 0.789. The Hall–Kier alpha value is -0.940. The molecule has 3 aliphatic rings. The average Bonchev–Trinajstić information content (AvgIpc) is 3.08. The molecule has 5 atom stereocenters. The summed E-state index contributed by atoms with van der Waals surface area (Å²) in [5, 5.41) is 0. The molecule has 3 rings (SSSR count).